The van der Waals surface area contributed by atoms with Crippen molar-refractivity contribution in [2.45, 2.75) is 46.0 Å². The van der Waals surface area contributed by atoms with Gasteiger partial charge in [0.25, 0.3) is 5.91 Å². The molecule has 1 fully saturated rings. The average molecular weight is 584 g/mol. The zero-order valence-electron chi connectivity index (χ0n) is 23.0. The van der Waals surface area contributed by atoms with Crippen molar-refractivity contribution >= 4 is 41.0 Å². The Morgan fingerprint density at radius 1 is 1.05 bits per heavy atom. The summed E-state index contributed by atoms with van der Waals surface area (Å²) < 4.78 is 0. The molecule has 1 aromatic heterocycles. The van der Waals surface area contributed by atoms with E-state index in [1.807, 2.05) is 19.9 Å². The summed E-state index contributed by atoms with van der Waals surface area (Å²) in [5, 5.41) is 10.4. The van der Waals surface area contributed by atoms with Crippen LogP contribution in [0.3, 0.4) is 0 Å². The maximum Gasteiger partial charge on any atom is 0.323 e. The molecule has 40 heavy (non-hydrogen) atoms. The van der Waals surface area contributed by atoms with Crippen molar-refractivity contribution in [2.24, 2.45) is 11.8 Å². The average Bonchev–Trinajstić information content (AvgIpc) is 2.93. The maximum atomic E-state index is 13.7. The van der Waals surface area contributed by atoms with Crippen LogP contribution in [0.1, 0.15) is 60.3 Å². The standard InChI is InChI=1S/C31H36Cl2N4O3/c1-21(2)11-14-37(20-29(38)39)30(40)25-19-34-31(35-28(25)18-24-26(32)9-6-10-27(24)33)36-15-12-23(13-16-36)17-22-7-4-3-5-8-22/h3-10,19,21,23H,11-18,20H2,1-2H3,(H,38,39). The van der Waals surface area contributed by atoms with Crippen molar-refractivity contribution < 1.29 is 14.7 Å². The Balaban J connectivity index is 1.60. The number of rotatable bonds is 11. The van der Waals surface area contributed by atoms with Crippen LogP contribution < -0.4 is 4.90 Å². The Hall–Kier alpha value is -3.16. The van der Waals surface area contributed by atoms with Crippen molar-refractivity contribution in [1.29, 1.82) is 0 Å². The van der Waals surface area contributed by atoms with Crippen molar-refractivity contribution in [3.63, 3.8) is 0 Å². The highest BCUT2D eigenvalue weighted by molar-refractivity contribution is 6.36. The van der Waals surface area contributed by atoms with Gasteiger partial charge in [-0.15, -0.1) is 0 Å². The van der Waals surface area contributed by atoms with Gasteiger partial charge >= 0.3 is 5.97 Å². The van der Waals surface area contributed by atoms with Crippen molar-refractivity contribution in [3.8, 4) is 0 Å². The predicted molar refractivity (Wildman–Crippen MR) is 159 cm³/mol. The van der Waals surface area contributed by atoms with Crippen LogP contribution >= 0.6 is 23.2 Å². The van der Waals surface area contributed by atoms with Crippen LogP contribution in [0, 0.1) is 11.8 Å². The summed E-state index contributed by atoms with van der Waals surface area (Å²) in [7, 11) is 0. The molecule has 0 spiro atoms. The summed E-state index contributed by atoms with van der Waals surface area (Å²) in [5.41, 5.74) is 2.76. The zero-order chi connectivity index (χ0) is 28.6. The molecule has 2 heterocycles. The summed E-state index contributed by atoms with van der Waals surface area (Å²) in [5.74, 6) is -0.0155. The molecule has 1 amide bonds. The van der Waals surface area contributed by atoms with E-state index >= 15 is 0 Å². The van der Waals surface area contributed by atoms with Gasteiger partial charge < -0.3 is 14.9 Å². The SMILES string of the molecule is CC(C)CCN(CC(=O)O)C(=O)c1cnc(N2CCC(Cc3ccccc3)CC2)nc1Cc1c(Cl)cccc1Cl. The first kappa shape index (κ1) is 29.8. The molecule has 0 atom stereocenters. The fourth-order valence-corrected chi connectivity index (χ4v) is 5.56. The number of amides is 1. The number of carboxylic acid groups (broad SMARTS) is 1. The number of nitrogens with zero attached hydrogens (tertiary/aromatic N) is 4. The third kappa shape index (κ3) is 7.95. The van der Waals surface area contributed by atoms with E-state index in [-0.39, 0.29) is 12.0 Å². The lowest BCUT2D eigenvalue weighted by Crippen LogP contribution is -2.38. The second-order valence-corrected chi connectivity index (χ2v) is 11.6. The first-order valence-corrected chi connectivity index (χ1v) is 14.6. The highest BCUT2D eigenvalue weighted by Crippen LogP contribution is 2.29. The molecule has 0 radical (unpaired) electrons. The quantitative estimate of drug-likeness (QED) is 0.281. The lowest BCUT2D eigenvalue weighted by molar-refractivity contribution is -0.137. The summed E-state index contributed by atoms with van der Waals surface area (Å²) in [6.45, 7) is 5.64. The van der Waals surface area contributed by atoms with Gasteiger partial charge in [-0.1, -0.05) is 73.4 Å². The summed E-state index contributed by atoms with van der Waals surface area (Å²) in [4.78, 5) is 38.2. The highest BCUT2D eigenvalue weighted by Gasteiger charge is 2.26. The number of piperidine rings is 1. The molecule has 0 saturated carbocycles. The first-order valence-electron chi connectivity index (χ1n) is 13.8. The molecule has 212 valence electrons. The molecule has 1 aliphatic heterocycles. The minimum absolute atomic E-state index is 0.227. The molecule has 1 aliphatic rings. The van der Waals surface area contributed by atoms with E-state index < -0.39 is 18.4 Å². The van der Waals surface area contributed by atoms with Crippen molar-refractivity contribution in [1.82, 2.24) is 14.9 Å². The lowest BCUT2D eigenvalue weighted by Gasteiger charge is -2.32. The second-order valence-electron chi connectivity index (χ2n) is 10.8. The Morgan fingerprint density at radius 3 is 2.35 bits per heavy atom. The van der Waals surface area contributed by atoms with E-state index in [4.69, 9.17) is 28.2 Å². The van der Waals surface area contributed by atoms with Gasteiger partial charge in [0, 0.05) is 42.3 Å². The third-order valence-electron chi connectivity index (χ3n) is 7.35. The Bertz CT molecular complexity index is 1290. The van der Waals surface area contributed by atoms with Gasteiger partial charge in [-0.3, -0.25) is 9.59 Å². The van der Waals surface area contributed by atoms with Gasteiger partial charge in [-0.2, -0.15) is 0 Å². The van der Waals surface area contributed by atoms with Crippen LogP contribution in [0.25, 0.3) is 0 Å². The van der Waals surface area contributed by atoms with Gasteiger partial charge in [0.2, 0.25) is 5.95 Å². The predicted octanol–water partition coefficient (Wildman–Crippen LogP) is 6.41. The number of carbonyl (C=O) groups excluding carboxylic acids is 1. The van der Waals surface area contributed by atoms with Crippen LogP contribution in [-0.4, -0.2) is 58.0 Å². The number of carboxylic acids is 1. The molecule has 0 bridgehead atoms. The van der Waals surface area contributed by atoms with E-state index in [1.165, 1.54) is 16.7 Å². The minimum Gasteiger partial charge on any atom is -0.480 e. The lowest BCUT2D eigenvalue weighted by atomic mass is 9.90. The van der Waals surface area contributed by atoms with Crippen LogP contribution in [-0.2, 0) is 17.6 Å². The fourth-order valence-electron chi connectivity index (χ4n) is 5.03. The number of anilines is 1. The molecular formula is C31H36Cl2N4O3. The molecular weight excluding hydrogens is 547 g/mol. The van der Waals surface area contributed by atoms with Crippen LogP contribution in [0.2, 0.25) is 10.0 Å². The number of aromatic nitrogens is 2. The molecule has 4 rings (SSSR count). The summed E-state index contributed by atoms with van der Waals surface area (Å²) in [6.07, 6.45) is 5.53. The van der Waals surface area contributed by atoms with E-state index in [2.05, 4.69) is 34.1 Å². The van der Waals surface area contributed by atoms with Gasteiger partial charge in [-0.05, 0) is 60.8 Å². The van der Waals surface area contributed by atoms with Gasteiger partial charge in [0.1, 0.15) is 6.54 Å². The number of hydrogen-bond donors (Lipinski definition) is 1. The van der Waals surface area contributed by atoms with E-state index in [0.29, 0.717) is 52.1 Å². The van der Waals surface area contributed by atoms with Crippen molar-refractivity contribution in [3.05, 3.63) is 87.2 Å². The van der Waals surface area contributed by atoms with Gasteiger partial charge in [0.15, 0.2) is 0 Å². The monoisotopic (exact) mass is 582 g/mol. The van der Waals surface area contributed by atoms with E-state index in [0.717, 1.165) is 32.4 Å². The highest BCUT2D eigenvalue weighted by atomic mass is 35.5. The molecule has 7 nitrogen and oxygen atoms in total. The summed E-state index contributed by atoms with van der Waals surface area (Å²) >= 11 is 13.0. The Labute approximate surface area is 246 Å². The second kappa shape index (κ2) is 14.0. The van der Waals surface area contributed by atoms with Crippen LogP contribution in [0.4, 0.5) is 5.95 Å². The normalized spacial score (nSPS) is 14.0. The number of halogens is 2. The third-order valence-corrected chi connectivity index (χ3v) is 8.05. The van der Waals surface area contributed by atoms with Crippen LogP contribution in [0.15, 0.2) is 54.7 Å². The number of carbonyl (C=O) groups is 2. The molecule has 0 unspecified atom stereocenters. The number of aliphatic carboxylic acids is 1. The Morgan fingerprint density at radius 2 is 1.73 bits per heavy atom. The smallest absolute Gasteiger partial charge is 0.323 e. The molecule has 1 N–H and O–H groups in total. The van der Waals surface area contributed by atoms with Crippen molar-refractivity contribution in [2.75, 3.05) is 31.1 Å². The topological polar surface area (TPSA) is 86.6 Å². The molecule has 9 heteroatoms. The molecule has 3 aromatic rings. The van der Waals surface area contributed by atoms with Crippen LogP contribution in [0.5, 0.6) is 0 Å². The summed E-state index contributed by atoms with van der Waals surface area (Å²) in [6, 6.07) is 15.8. The minimum atomic E-state index is -1.07. The largest absolute Gasteiger partial charge is 0.480 e. The zero-order valence-corrected chi connectivity index (χ0v) is 24.5. The fraction of sp³-hybridized carbons (Fsp3) is 0.419. The number of hydrogen-bond acceptors (Lipinski definition) is 5. The maximum absolute atomic E-state index is 13.7. The molecule has 2 aromatic carbocycles. The molecule has 1 saturated heterocycles. The van der Waals surface area contributed by atoms with E-state index in [1.54, 1.807) is 18.2 Å². The van der Waals surface area contributed by atoms with Gasteiger partial charge in [-0.25, -0.2) is 9.97 Å². The Kier molecular flexibility index (Phi) is 10.4. The first-order chi connectivity index (χ1) is 19.2. The number of benzene rings is 2. The van der Waals surface area contributed by atoms with E-state index in [9.17, 15) is 14.7 Å². The van der Waals surface area contributed by atoms with Gasteiger partial charge in [0.05, 0.1) is 11.3 Å². The molecule has 0 aliphatic carbocycles.